The van der Waals surface area contributed by atoms with E-state index in [-0.39, 0.29) is 0 Å². The summed E-state index contributed by atoms with van der Waals surface area (Å²) in [6.07, 6.45) is 4.50. The summed E-state index contributed by atoms with van der Waals surface area (Å²) in [5.41, 5.74) is 6.86. The van der Waals surface area contributed by atoms with Gasteiger partial charge in [0.25, 0.3) is 0 Å². The van der Waals surface area contributed by atoms with Crippen molar-refractivity contribution in [2.24, 2.45) is 12.8 Å². The Bertz CT molecular complexity index is 683. The molecule has 2 aromatic heterocycles. The SMILES string of the molecule is CN(Cc1cc(C2CC2)on1)Cc1nnc(C2CC(N)C2)n1C. The van der Waals surface area contributed by atoms with E-state index in [2.05, 4.69) is 37.9 Å². The van der Waals surface area contributed by atoms with Crippen molar-refractivity contribution in [2.45, 2.75) is 56.7 Å². The lowest BCUT2D eigenvalue weighted by molar-refractivity contribution is 0.289. The fourth-order valence-corrected chi connectivity index (χ4v) is 3.28. The number of rotatable bonds is 6. The van der Waals surface area contributed by atoms with Gasteiger partial charge in [-0.05, 0) is 32.7 Å². The summed E-state index contributed by atoms with van der Waals surface area (Å²) in [7, 11) is 4.11. The first kappa shape index (κ1) is 14.8. The molecule has 4 rings (SSSR count). The Morgan fingerprint density at radius 1 is 1.26 bits per heavy atom. The first-order valence-electron chi connectivity index (χ1n) is 8.38. The molecule has 2 fully saturated rings. The lowest BCUT2D eigenvalue weighted by atomic mass is 9.80. The van der Waals surface area contributed by atoms with Crippen LogP contribution in [0.25, 0.3) is 0 Å². The maximum absolute atomic E-state index is 5.88. The van der Waals surface area contributed by atoms with Crippen molar-refractivity contribution in [3.05, 3.63) is 29.2 Å². The first-order chi connectivity index (χ1) is 11.1. The molecule has 7 heteroatoms. The zero-order chi connectivity index (χ0) is 16.0. The van der Waals surface area contributed by atoms with Crippen molar-refractivity contribution in [3.63, 3.8) is 0 Å². The Morgan fingerprint density at radius 3 is 2.74 bits per heavy atom. The van der Waals surface area contributed by atoms with Gasteiger partial charge in [0.05, 0.1) is 12.2 Å². The average Bonchev–Trinajstić information content (AvgIpc) is 3.15. The predicted octanol–water partition coefficient (Wildman–Crippen LogP) is 1.52. The van der Waals surface area contributed by atoms with Gasteiger partial charge in [-0.25, -0.2) is 0 Å². The maximum Gasteiger partial charge on any atom is 0.146 e. The van der Waals surface area contributed by atoms with E-state index < -0.39 is 0 Å². The van der Waals surface area contributed by atoms with Gasteiger partial charge in [-0.1, -0.05) is 5.16 Å². The Labute approximate surface area is 135 Å². The van der Waals surface area contributed by atoms with Gasteiger partial charge in [-0.3, -0.25) is 4.90 Å². The molecule has 0 amide bonds. The van der Waals surface area contributed by atoms with Gasteiger partial charge in [0.1, 0.15) is 17.4 Å². The van der Waals surface area contributed by atoms with Crippen LogP contribution in [0.3, 0.4) is 0 Å². The molecule has 2 heterocycles. The van der Waals surface area contributed by atoms with Crippen molar-refractivity contribution < 1.29 is 4.52 Å². The van der Waals surface area contributed by atoms with Gasteiger partial charge in [0.2, 0.25) is 0 Å². The summed E-state index contributed by atoms with van der Waals surface area (Å²) in [6, 6.07) is 2.42. The third-order valence-electron chi connectivity index (χ3n) is 4.94. The van der Waals surface area contributed by atoms with Crippen molar-refractivity contribution in [2.75, 3.05) is 7.05 Å². The Kier molecular flexibility index (Phi) is 3.69. The highest BCUT2D eigenvalue weighted by atomic mass is 16.5. The van der Waals surface area contributed by atoms with Crippen LogP contribution in [0.4, 0.5) is 0 Å². The second-order valence-corrected chi connectivity index (χ2v) is 7.13. The molecule has 0 bridgehead atoms. The standard InChI is InChI=1S/C16H24N6O/c1-21(8-13-7-14(23-20-13)10-3-4-10)9-15-18-19-16(22(15)2)11-5-12(17)6-11/h7,10-12H,3-6,8-9,17H2,1-2H3. The molecule has 0 spiro atoms. The zero-order valence-electron chi connectivity index (χ0n) is 13.8. The Morgan fingerprint density at radius 2 is 2.04 bits per heavy atom. The predicted molar refractivity (Wildman–Crippen MR) is 84.6 cm³/mol. The molecule has 7 nitrogen and oxygen atoms in total. The van der Waals surface area contributed by atoms with Crippen molar-refractivity contribution in [3.8, 4) is 0 Å². The van der Waals surface area contributed by atoms with Crippen molar-refractivity contribution in [1.29, 1.82) is 0 Å². The van der Waals surface area contributed by atoms with E-state index in [1.54, 1.807) is 0 Å². The molecular weight excluding hydrogens is 292 g/mol. The molecule has 0 aliphatic heterocycles. The quantitative estimate of drug-likeness (QED) is 0.869. The number of nitrogens with two attached hydrogens (primary N) is 1. The van der Waals surface area contributed by atoms with E-state index in [9.17, 15) is 0 Å². The van der Waals surface area contributed by atoms with Gasteiger partial charge in [0, 0.05) is 37.5 Å². The van der Waals surface area contributed by atoms with E-state index >= 15 is 0 Å². The van der Waals surface area contributed by atoms with Gasteiger partial charge < -0.3 is 14.8 Å². The summed E-state index contributed by atoms with van der Waals surface area (Å²) >= 11 is 0. The van der Waals surface area contributed by atoms with Gasteiger partial charge in [-0.2, -0.15) is 0 Å². The zero-order valence-corrected chi connectivity index (χ0v) is 13.8. The number of aromatic nitrogens is 4. The summed E-state index contributed by atoms with van der Waals surface area (Å²) in [5.74, 6) is 4.16. The second kappa shape index (κ2) is 5.72. The van der Waals surface area contributed by atoms with Crippen LogP contribution in [0.2, 0.25) is 0 Å². The molecule has 0 unspecified atom stereocenters. The minimum Gasteiger partial charge on any atom is -0.361 e. The summed E-state index contributed by atoms with van der Waals surface area (Å²) in [6.45, 7) is 1.50. The number of hydrogen-bond donors (Lipinski definition) is 1. The highest BCUT2D eigenvalue weighted by Crippen LogP contribution is 2.40. The molecule has 2 saturated carbocycles. The minimum absolute atomic E-state index is 0.329. The van der Waals surface area contributed by atoms with Crippen LogP contribution in [-0.4, -0.2) is 37.9 Å². The largest absolute Gasteiger partial charge is 0.361 e. The molecule has 23 heavy (non-hydrogen) atoms. The molecule has 124 valence electrons. The van der Waals surface area contributed by atoms with Crippen LogP contribution >= 0.6 is 0 Å². The monoisotopic (exact) mass is 316 g/mol. The summed E-state index contributed by atoms with van der Waals surface area (Å²) in [5, 5.41) is 12.9. The Hall–Kier alpha value is -1.73. The molecule has 2 aliphatic carbocycles. The normalized spacial score (nSPS) is 24.2. The molecule has 2 N–H and O–H groups in total. The summed E-state index contributed by atoms with van der Waals surface area (Å²) < 4.78 is 7.53. The van der Waals surface area contributed by atoms with E-state index in [0.717, 1.165) is 49.0 Å². The minimum atomic E-state index is 0.329. The van der Waals surface area contributed by atoms with Crippen LogP contribution in [-0.2, 0) is 20.1 Å². The summed E-state index contributed by atoms with van der Waals surface area (Å²) in [4.78, 5) is 2.19. The fraction of sp³-hybridized carbons (Fsp3) is 0.688. The molecule has 0 aromatic carbocycles. The van der Waals surface area contributed by atoms with E-state index in [0.29, 0.717) is 17.9 Å². The highest BCUT2D eigenvalue weighted by molar-refractivity contribution is 5.14. The van der Waals surface area contributed by atoms with Gasteiger partial charge in [-0.15, -0.1) is 10.2 Å². The second-order valence-electron chi connectivity index (χ2n) is 7.13. The maximum atomic E-state index is 5.88. The van der Waals surface area contributed by atoms with Crippen LogP contribution in [0.5, 0.6) is 0 Å². The van der Waals surface area contributed by atoms with Gasteiger partial charge >= 0.3 is 0 Å². The van der Waals surface area contributed by atoms with Crippen LogP contribution < -0.4 is 5.73 Å². The van der Waals surface area contributed by atoms with E-state index in [1.165, 1.54) is 12.8 Å². The fourth-order valence-electron chi connectivity index (χ4n) is 3.28. The molecule has 0 radical (unpaired) electrons. The molecule has 0 atom stereocenters. The van der Waals surface area contributed by atoms with Crippen LogP contribution in [0.1, 0.15) is 60.6 Å². The molecule has 2 aliphatic rings. The molecular formula is C16H24N6O. The number of nitrogens with zero attached hydrogens (tertiary/aromatic N) is 5. The lowest BCUT2D eigenvalue weighted by Crippen LogP contribution is -2.36. The molecule has 2 aromatic rings. The lowest BCUT2D eigenvalue weighted by Gasteiger charge is -2.31. The van der Waals surface area contributed by atoms with E-state index in [4.69, 9.17) is 10.3 Å². The molecule has 0 saturated heterocycles. The third kappa shape index (κ3) is 3.03. The van der Waals surface area contributed by atoms with Crippen LogP contribution in [0, 0.1) is 0 Å². The smallest absolute Gasteiger partial charge is 0.146 e. The average molecular weight is 316 g/mol. The van der Waals surface area contributed by atoms with Crippen molar-refractivity contribution in [1.82, 2.24) is 24.8 Å². The topological polar surface area (TPSA) is 86.0 Å². The van der Waals surface area contributed by atoms with Crippen LogP contribution in [0.15, 0.2) is 10.6 Å². The van der Waals surface area contributed by atoms with Gasteiger partial charge in [0.15, 0.2) is 0 Å². The highest BCUT2D eigenvalue weighted by Gasteiger charge is 2.31. The van der Waals surface area contributed by atoms with Crippen molar-refractivity contribution >= 4 is 0 Å². The first-order valence-corrected chi connectivity index (χ1v) is 8.38. The number of hydrogen-bond acceptors (Lipinski definition) is 6. The Balaban J connectivity index is 1.37. The third-order valence-corrected chi connectivity index (χ3v) is 4.94. The van der Waals surface area contributed by atoms with E-state index in [1.807, 2.05) is 7.05 Å².